The molecule has 0 aliphatic carbocycles. The van der Waals surface area contributed by atoms with Crippen LogP contribution in [0.1, 0.15) is 31.9 Å². The molecule has 1 N–H and O–H groups in total. The van der Waals surface area contributed by atoms with Crippen molar-refractivity contribution in [3.8, 4) is 5.75 Å². The van der Waals surface area contributed by atoms with Gasteiger partial charge in [0.05, 0.1) is 17.7 Å². The fraction of sp³-hybridized carbons (Fsp3) is 0.333. The number of carbonyl (C=O) groups excluding carboxylic acids is 2. The molecule has 3 aromatic carbocycles. The molecule has 0 radical (unpaired) electrons. The number of benzene rings is 3. The van der Waals surface area contributed by atoms with Crippen LogP contribution in [0.4, 0.5) is 5.69 Å². The predicted molar refractivity (Wildman–Crippen MR) is 158 cm³/mol. The van der Waals surface area contributed by atoms with Crippen LogP contribution in [-0.2, 0) is 26.2 Å². The van der Waals surface area contributed by atoms with Gasteiger partial charge < -0.3 is 15.0 Å². The number of amides is 2. The number of carbonyl (C=O) groups is 2. The smallest absolute Gasteiger partial charge is 0.264 e. The maximum Gasteiger partial charge on any atom is 0.264 e. The summed E-state index contributed by atoms with van der Waals surface area (Å²) in [5.74, 6) is 0.0348. The Morgan fingerprint density at radius 3 is 2.20 bits per heavy atom. The van der Waals surface area contributed by atoms with Gasteiger partial charge in [0.15, 0.2) is 0 Å². The van der Waals surface area contributed by atoms with E-state index in [2.05, 4.69) is 5.32 Å². The van der Waals surface area contributed by atoms with Crippen molar-refractivity contribution in [2.45, 2.75) is 45.2 Å². The van der Waals surface area contributed by atoms with Gasteiger partial charge in [0.1, 0.15) is 18.3 Å². The van der Waals surface area contributed by atoms with E-state index < -0.39 is 28.5 Å². The van der Waals surface area contributed by atoms with Crippen LogP contribution < -0.4 is 14.4 Å². The molecule has 3 rings (SSSR count). The van der Waals surface area contributed by atoms with Crippen LogP contribution in [0, 0.1) is 12.8 Å². The van der Waals surface area contributed by atoms with Gasteiger partial charge in [-0.05, 0) is 79.4 Å². The molecule has 0 fully saturated rings. The third-order valence-electron chi connectivity index (χ3n) is 6.33. The Morgan fingerprint density at radius 2 is 1.62 bits per heavy atom. The van der Waals surface area contributed by atoms with Crippen LogP contribution in [-0.4, -0.2) is 51.4 Å². The maximum atomic E-state index is 13.9. The van der Waals surface area contributed by atoms with E-state index in [0.717, 1.165) is 15.4 Å². The van der Waals surface area contributed by atoms with Gasteiger partial charge in [-0.2, -0.15) is 0 Å². The summed E-state index contributed by atoms with van der Waals surface area (Å²) in [6.45, 7) is 7.48. The van der Waals surface area contributed by atoms with Crippen LogP contribution in [0.2, 0.25) is 5.02 Å². The molecule has 40 heavy (non-hydrogen) atoms. The first-order chi connectivity index (χ1) is 18.9. The second kappa shape index (κ2) is 13.7. The lowest BCUT2D eigenvalue weighted by atomic mass is 10.1. The fourth-order valence-corrected chi connectivity index (χ4v) is 5.54. The molecule has 0 aromatic heterocycles. The Balaban J connectivity index is 2.00. The third-order valence-corrected chi connectivity index (χ3v) is 8.37. The largest absolute Gasteiger partial charge is 0.497 e. The zero-order valence-corrected chi connectivity index (χ0v) is 25.0. The molecule has 0 saturated carbocycles. The van der Waals surface area contributed by atoms with Crippen LogP contribution in [0.25, 0.3) is 0 Å². The van der Waals surface area contributed by atoms with Gasteiger partial charge in [-0.3, -0.25) is 13.9 Å². The average Bonchev–Trinajstić information content (AvgIpc) is 2.93. The van der Waals surface area contributed by atoms with Gasteiger partial charge in [0.2, 0.25) is 11.8 Å². The molecular weight excluding hydrogens is 550 g/mol. The fourth-order valence-electron chi connectivity index (χ4n) is 4.01. The lowest BCUT2D eigenvalue weighted by Crippen LogP contribution is -2.51. The van der Waals surface area contributed by atoms with Crippen LogP contribution in [0.5, 0.6) is 5.75 Å². The van der Waals surface area contributed by atoms with Crippen molar-refractivity contribution in [2.75, 3.05) is 24.5 Å². The number of hydrogen-bond acceptors (Lipinski definition) is 5. The molecule has 8 nitrogen and oxygen atoms in total. The van der Waals surface area contributed by atoms with E-state index in [1.807, 2.05) is 26.8 Å². The highest BCUT2D eigenvalue weighted by atomic mass is 35.5. The summed E-state index contributed by atoms with van der Waals surface area (Å²) in [7, 11) is -2.59. The summed E-state index contributed by atoms with van der Waals surface area (Å²) < 4.78 is 34.0. The molecule has 0 heterocycles. The zero-order chi connectivity index (χ0) is 29.4. The molecular formula is C30H36ClN3O5S. The quantitative estimate of drug-likeness (QED) is 0.321. The number of methoxy groups -OCH3 is 1. The van der Waals surface area contributed by atoms with E-state index in [9.17, 15) is 18.0 Å². The predicted octanol–water partition coefficient (Wildman–Crippen LogP) is 5.04. The second-order valence-corrected chi connectivity index (χ2v) is 12.3. The van der Waals surface area contributed by atoms with Gasteiger partial charge in [-0.1, -0.05) is 49.7 Å². The SMILES string of the molecule is COc1ccc(CN(C(=O)CN(c2cccc(C)c2)S(=O)(=O)c2ccc(Cl)cc2)[C@H](C)C(=O)NCC(C)C)cc1. The number of nitrogens with zero attached hydrogens (tertiary/aromatic N) is 2. The lowest BCUT2D eigenvalue weighted by molar-refractivity contribution is -0.139. The maximum absolute atomic E-state index is 13.9. The molecule has 0 saturated heterocycles. The number of rotatable bonds is 12. The van der Waals surface area contributed by atoms with E-state index in [4.69, 9.17) is 16.3 Å². The summed E-state index contributed by atoms with van der Waals surface area (Å²) in [6.07, 6.45) is 0. The number of aryl methyl sites for hydroxylation is 1. The molecule has 2 amide bonds. The lowest BCUT2D eigenvalue weighted by Gasteiger charge is -2.32. The Bertz CT molecular complexity index is 1410. The van der Waals surface area contributed by atoms with E-state index in [1.165, 1.54) is 29.2 Å². The van der Waals surface area contributed by atoms with Gasteiger partial charge in [-0.15, -0.1) is 0 Å². The summed E-state index contributed by atoms with van der Waals surface area (Å²) in [6, 6.07) is 19.0. The first kappa shape index (κ1) is 31.0. The van der Waals surface area contributed by atoms with Crippen molar-refractivity contribution in [1.82, 2.24) is 10.2 Å². The average molecular weight is 586 g/mol. The molecule has 0 aliphatic heterocycles. The van der Waals surface area contributed by atoms with Gasteiger partial charge in [-0.25, -0.2) is 8.42 Å². The Morgan fingerprint density at radius 1 is 0.975 bits per heavy atom. The monoisotopic (exact) mass is 585 g/mol. The molecule has 0 aliphatic rings. The van der Waals surface area contributed by atoms with Crippen molar-refractivity contribution in [3.05, 3.63) is 88.9 Å². The van der Waals surface area contributed by atoms with Gasteiger partial charge >= 0.3 is 0 Å². The summed E-state index contributed by atoms with van der Waals surface area (Å²) in [5.41, 5.74) is 1.93. The van der Waals surface area contributed by atoms with Gasteiger partial charge in [0, 0.05) is 18.1 Å². The van der Waals surface area contributed by atoms with Crippen LogP contribution >= 0.6 is 11.6 Å². The minimum atomic E-state index is -4.16. The molecule has 214 valence electrons. The van der Waals surface area contributed by atoms with Crippen molar-refractivity contribution < 1.29 is 22.7 Å². The summed E-state index contributed by atoms with van der Waals surface area (Å²) in [5, 5.41) is 3.27. The van der Waals surface area contributed by atoms with Crippen molar-refractivity contribution >= 4 is 39.1 Å². The van der Waals surface area contributed by atoms with Gasteiger partial charge in [0.25, 0.3) is 10.0 Å². The van der Waals surface area contributed by atoms with Crippen molar-refractivity contribution in [1.29, 1.82) is 0 Å². The van der Waals surface area contributed by atoms with E-state index in [0.29, 0.717) is 23.0 Å². The second-order valence-electron chi connectivity index (χ2n) is 9.99. The summed E-state index contributed by atoms with van der Waals surface area (Å²) >= 11 is 6.00. The molecule has 3 aromatic rings. The first-order valence-corrected chi connectivity index (χ1v) is 14.8. The normalized spacial score (nSPS) is 12.1. The van der Waals surface area contributed by atoms with E-state index in [-0.39, 0.29) is 23.3 Å². The first-order valence-electron chi connectivity index (χ1n) is 13.0. The number of nitrogens with one attached hydrogen (secondary N) is 1. The molecule has 0 unspecified atom stereocenters. The number of ether oxygens (including phenoxy) is 1. The highest BCUT2D eigenvalue weighted by Crippen LogP contribution is 2.26. The number of anilines is 1. The number of sulfonamides is 1. The van der Waals surface area contributed by atoms with E-state index >= 15 is 0 Å². The minimum absolute atomic E-state index is 0.00404. The van der Waals surface area contributed by atoms with Crippen LogP contribution in [0.3, 0.4) is 0 Å². The van der Waals surface area contributed by atoms with Crippen molar-refractivity contribution in [2.24, 2.45) is 5.92 Å². The number of hydrogen-bond donors (Lipinski definition) is 1. The summed E-state index contributed by atoms with van der Waals surface area (Å²) in [4.78, 5) is 28.4. The zero-order valence-electron chi connectivity index (χ0n) is 23.4. The standard InChI is InChI=1S/C30H36ClN3O5S/c1-21(2)18-32-30(36)23(4)33(19-24-9-13-27(39-5)14-10-24)29(35)20-34(26-8-6-7-22(3)17-26)40(37,38)28-15-11-25(31)12-16-28/h6-17,21,23H,18-20H2,1-5H3,(H,32,36)/t23-/m1/s1. The highest BCUT2D eigenvalue weighted by Gasteiger charge is 2.32. The Labute approximate surface area is 241 Å². The Kier molecular flexibility index (Phi) is 10.6. The van der Waals surface area contributed by atoms with E-state index in [1.54, 1.807) is 56.5 Å². The molecule has 1 atom stereocenters. The minimum Gasteiger partial charge on any atom is -0.497 e. The van der Waals surface area contributed by atoms with Crippen molar-refractivity contribution in [3.63, 3.8) is 0 Å². The number of halogens is 1. The van der Waals surface area contributed by atoms with Crippen LogP contribution in [0.15, 0.2) is 77.7 Å². The highest BCUT2D eigenvalue weighted by molar-refractivity contribution is 7.92. The third kappa shape index (κ3) is 7.99. The Hall–Kier alpha value is -3.56. The topological polar surface area (TPSA) is 96.0 Å². The molecule has 10 heteroatoms. The molecule has 0 spiro atoms. The molecule has 0 bridgehead atoms.